The maximum absolute atomic E-state index is 9.97. The molecule has 5 heteroatoms. The van der Waals surface area contributed by atoms with Gasteiger partial charge in [0.2, 0.25) is 0 Å². The van der Waals surface area contributed by atoms with Gasteiger partial charge in [0.15, 0.2) is 16.3 Å². The van der Waals surface area contributed by atoms with E-state index in [1.165, 1.54) is 12.8 Å². The molecule has 0 aliphatic carbocycles. The Balaban J connectivity index is 0. The maximum Gasteiger partial charge on any atom is 0.328 e. The molecule has 0 amide bonds. The van der Waals surface area contributed by atoms with Crippen molar-refractivity contribution in [3.05, 3.63) is 0 Å². The molecule has 0 saturated carbocycles. The number of unbranched alkanes of at least 4 members (excludes halogenated alkanes) is 1. The van der Waals surface area contributed by atoms with Crippen LogP contribution in [0.2, 0.25) is 0 Å². The SMILES string of the molecule is CCCC.O=C(O)CC(=O)OBr. The Bertz CT molecular complexity index is 133. The number of carbonyl (C=O) groups excluding carboxylic acids is 1. The van der Waals surface area contributed by atoms with Crippen molar-refractivity contribution in [2.45, 2.75) is 33.1 Å². The molecule has 0 atom stereocenters. The Labute approximate surface area is 80.4 Å². The fourth-order valence-electron chi connectivity index (χ4n) is 0.151. The van der Waals surface area contributed by atoms with Gasteiger partial charge in [-0.3, -0.25) is 9.59 Å². The Morgan fingerprint density at radius 3 is 1.83 bits per heavy atom. The molecule has 0 aromatic heterocycles. The standard InChI is InChI=1S/C4H10.C3H3BrO4/c1-3-4-2;4-8-3(7)1-2(5)6/h3-4H2,1-2H3;1H2,(H,5,6). The zero-order valence-electron chi connectivity index (χ0n) is 7.17. The molecule has 0 heterocycles. The van der Waals surface area contributed by atoms with Crippen LogP contribution in [0.3, 0.4) is 0 Å². The lowest BCUT2D eigenvalue weighted by Gasteiger charge is -1.86. The summed E-state index contributed by atoms with van der Waals surface area (Å²) in [5, 5.41) is 7.89. The average Bonchev–Trinajstić information content (AvgIpc) is 2.04. The van der Waals surface area contributed by atoms with Gasteiger partial charge in [-0.15, -0.1) is 0 Å². The summed E-state index contributed by atoms with van der Waals surface area (Å²) in [4.78, 5) is 19.6. The highest BCUT2D eigenvalue weighted by molar-refractivity contribution is 9.06. The van der Waals surface area contributed by atoms with Gasteiger partial charge in [0, 0.05) is 0 Å². The summed E-state index contributed by atoms with van der Waals surface area (Å²) in [6.45, 7) is 4.36. The second-order valence-corrected chi connectivity index (χ2v) is 2.34. The van der Waals surface area contributed by atoms with Crippen molar-refractivity contribution in [3.8, 4) is 0 Å². The third kappa shape index (κ3) is 16.2. The predicted octanol–water partition coefficient (Wildman–Crippen LogP) is 2.12. The van der Waals surface area contributed by atoms with E-state index in [0.717, 1.165) is 0 Å². The second kappa shape index (κ2) is 10.4. The number of aliphatic carboxylic acids is 1. The third-order valence-electron chi connectivity index (χ3n) is 0.882. The number of halogens is 1. The third-order valence-corrected chi connectivity index (χ3v) is 1.24. The lowest BCUT2D eigenvalue weighted by molar-refractivity contribution is -0.144. The van der Waals surface area contributed by atoms with Crippen molar-refractivity contribution in [2.24, 2.45) is 0 Å². The molecule has 4 nitrogen and oxygen atoms in total. The summed E-state index contributed by atoms with van der Waals surface area (Å²) in [6.07, 6.45) is 2.03. The molecule has 0 fully saturated rings. The first-order valence-corrected chi connectivity index (χ1v) is 4.26. The number of carbonyl (C=O) groups is 2. The quantitative estimate of drug-likeness (QED) is 0.768. The fourth-order valence-corrected chi connectivity index (χ4v) is 0.265. The van der Waals surface area contributed by atoms with Crippen LogP contribution >= 0.6 is 16.3 Å². The maximum atomic E-state index is 9.97. The van der Waals surface area contributed by atoms with Crippen LogP contribution < -0.4 is 0 Å². The average molecular weight is 241 g/mol. The van der Waals surface area contributed by atoms with Gasteiger partial charge >= 0.3 is 11.9 Å². The minimum atomic E-state index is -1.20. The molecule has 1 N–H and O–H groups in total. The summed E-state index contributed by atoms with van der Waals surface area (Å²) in [5.74, 6) is -2.01. The van der Waals surface area contributed by atoms with Crippen molar-refractivity contribution in [1.29, 1.82) is 0 Å². The Kier molecular flexibility index (Phi) is 12.1. The molecule has 0 unspecified atom stereocenters. The van der Waals surface area contributed by atoms with Crippen LogP contribution in [-0.2, 0) is 13.4 Å². The summed E-state index contributed by atoms with van der Waals surface area (Å²) < 4.78 is 3.85. The highest BCUT2D eigenvalue weighted by Gasteiger charge is 2.06. The molecule has 0 rings (SSSR count). The minimum Gasteiger partial charge on any atom is -0.481 e. The number of rotatable bonds is 3. The summed E-state index contributed by atoms with van der Waals surface area (Å²) in [7, 11) is 0. The van der Waals surface area contributed by atoms with Gasteiger partial charge in [0.05, 0.1) is 0 Å². The van der Waals surface area contributed by atoms with E-state index in [4.69, 9.17) is 5.11 Å². The van der Waals surface area contributed by atoms with Gasteiger partial charge in [-0.25, -0.2) is 0 Å². The first kappa shape index (κ1) is 14.0. The predicted molar refractivity (Wildman–Crippen MR) is 47.9 cm³/mol. The van der Waals surface area contributed by atoms with Crippen LogP contribution in [0.25, 0.3) is 0 Å². The molecular formula is C7H13BrO4. The number of hydrogen-bond donors (Lipinski definition) is 1. The van der Waals surface area contributed by atoms with Crippen molar-refractivity contribution in [3.63, 3.8) is 0 Å². The summed E-state index contributed by atoms with van der Waals surface area (Å²) in [6, 6.07) is 0. The van der Waals surface area contributed by atoms with Crippen LogP contribution in [0.5, 0.6) is 0 Å². The van der Waals surface area contributed by atoms with Crippen LogP contribution in [-0.4, -0.2) is 17.0 Å². The molecule has 0 aliphatic rings. The van der Waals surface area contributed by atoms with E-state index in [9.17, 15) is 9.59 Å². The highest BCUT2D eigenvalue weighted by atomic mass is 79.9. The van der Waals surface area contributed by atoms with Gasteiger partial charge in [-0.2, -0.15) is 0 Å². The van der Waals surface area contributed by atoms with Crippen LogP contribution in [0.1, 0.15) is 33.1 Å². The van der Waals surface area contributed by atoms with E-state index in [1.54, 1.807) is 0 Å². The summed E-state index contributed by atoms with van der Waals surface area (Å²) in [5.41, 5.74) is 0. The van der Waals surface area contributed by atoms with Crippen molar-refractivity contribution in [2.75, 3.05) is 0 Å². The molecule has 0 aromatic carbocycles. The fraction of sp³-hybridized carbons (Fsp3) is 0.714. The van der Waals surface area contributed by atoms with Crippen LogP contribution in [0, 0.1) is 0 Å². The van der Waals surface area contributed by atoms with E-state index >= 15 is 0 Å². The molecule has 12 heavy (non-hydrogen) atoms. The monoisotopic (exact) mass is 240 g/mol. The lowest BCUT2D eigenvalue weighted by Crippen LogP contribution is -2.05. The smallest absolute Gasteiger partial charge is 0.328 e. The topological polar surface area (TPSA) is 63.6 Å². The molecule has 0 aromatic rings. The van der Waals surface area contributed by atoms with Gasteiger partial charge in [0.1, 0.15) is 6.42 Å². The molecule has 0 saturated heterocycles. The van der Waals surface area contributed by atoms with Crippen molar-refractivity contribution >= 4 is 28.2 Å². The largest absolute Gasteiger partial charge is 0.481 e. The van der Waals surface area contributed by atoms with Gasteiger partial charge < -0.3 is 8.93 Å². The molecular weight excluding hydrogens is 228 g/mol. The summed E-state index contributed by atoms with van der Waals surface area (Å²) >= 11 is 2.33. The Morgan fingerprint density at radius 1 is 1.33 bits per heavy atom. The van der Waals surface area contributed by atoms with E-state index in [-0.39, 0.29) is 0 Å². The van der Waals surface area contributed by atoms with E-state index < -0.39 is 18.4 Å². The highest BCUT2D eigenvalue weighted by Crippen LogP contribution is 1.90. The number of carboxylic acid groups (broad SMARTS) is 1. The van der Waals surface area contributed by atoms with E-state index in [2.05, 4.69) is 33.9 Å². The number of carboxylic acids is 1. The van der Waals surface area contributed by atoms with Gasteiger partial charge in [0.25, 0.3) is 0 Å². The van der Waals surface area contributed by atoms with Crippen LogP contribution in [0.4, 0.5) is 0 Å². The number of hydrogen-bond acceptors (Lipinski definition) is 3. The Morgan fingerprint density at radius 2 is 1.75 bits per heavy atom. The van der Waals surface area contributed by atoms with E-state index in [0.29, 0.717) is 0 Å². The zero-order valence-corrected chi connectivity index (χ0v) is 8.76. The van der Waals surface area contributed by atoms with Crippen molar-refractivity contribution < 1.29 is 18.5 Å². The molecule has 0 radical (unpaired) electrons. The minimum absolute atomic E-state index is 0.606. The molecule has 0 aliphatic heterocycles. The lowest BCUT2D eigenvalue weighted by atomic mass is 10.4. The van der Waals surface area contributed by atoms with Gasteiger partial charge in [-0.1, -0.05) is 26.7 Å². The van der Waals surface area contributed by atoms with Crippen molar-refractivity contribution in [1.82, 2.24) is 0 Å². The zero-order chi connectivity index (χ0) is 9.98. The molecule has 0 spiro atoms. The first-order chi connectivity index (χ1) is 5.58. The molecule has 0 bridgehead atoms. The van der Waals surface area contributed by atoms with Crippen LogP contribution in [0.15, 0.2) is 0 Å². The Hall–Kier alpha value is -0.580. The second-order valence-electron chi connectivity index (χ2n) is 2.02. The molecule has 72 valence electrons. The van der Waals surface area contributed by atoms with Gasteiger partial charge in [-0.05, 0) is 0 Å². The normalized spacial score (nSPS) is 7.92. The first-order valence-electron chi connectivity index (χ1n) is 3.61. The van der Waals surface area contributed by atoms with E-state index in [1.807, 2.05) is 0 Å².